The Hall–Kier alpha value is -2.04. The molecule has 5 heteroatoms. The van der Waals surface area contributed by atoms with E-state index in [2.05, 4.69) is 17.1 Å². The minimum absolute atomic E-state index is 0.418. The van der Waals surface area contributed by atoms with Gasteiger partial charge in [-0.25, -0.2) is 0 Å². The van der Waals surface area contributed by atoms with E-state index in [4.69, 9.17) is 15.0 Å². The van der Waals surface area contributed by atoms with E-state index in [-0.39, 0.29) is 0 Å². The lowest BCUT2D eigenvalue weighted by Gasteiger charge is -2.23. The number of hydrogen-bond donors (Lipinski definition) is 1. The molecule has 1 aliphatic carbocycles. The summed E-state index contributed by atoms with van der Waals surface area (Å²) in [6, 6.07) is 5.51. The lowest BCUT2D eigenvalue weighted by molar-refractivity contribution is 0.324. The predicted octanol–water partition coefficient (Wildman–Crippen LogP) is 3.62. The van der Waals surface area contributed by atoms with Crippen LogP contribution in [0.4, 0.5) is 5.69 Å². The van der Waals surface area contributed by atoms with Crippen LogP contribution in [0.3, 0.4) is 0 Å². The average Bonchev–Trinajstić information content (AvgIpc) is 2.97. The summed E-state index contributed by atoms with van der Waals surface area (Å²) in [7, 11) is 1.60. The average molecular weight is 287 g/mol. The van der Waals surface area contributed by atoms with Crippen molar-refractivity contribution in [2.45, 2.75) is 38.5 Å². The predicted molar refractivity (Wildman–Crippen MR) is 81.1 cm³/mol. The smallest absolute Gasteiger partial charge is 0.258 e. The maximum Gasteiger partial charge on any atom is 0.258 e. The van der Waals surface area contributed by atoms with E-state index in [1.807, 2.05) is 12.1 Å². The van der Waals surface area contributed by atoms with Gasteiger partial charge in [0.25, 0.3) is 5.89 Å². The Morgan fingerprint density at radius 1 is 1.33 bits per heavy atom. The van der Waals surface area contributed by atoms with Crippen molar-refractivity contribution in [1.29, 1.82) is 0 Å². The monoisotopic (exact) mass is 287 g/mol. The number of hydrogen-bond acceptors (Lipinski definition) is 5. The molecular formula is C16H21N3O2. The zero-order valence-corrected chi connectivity index (χ0v) is 12.5. The normalized spacial score (nSPS) is 22.2. The van der Waals surface area contributed by atoms with Crippen molar-refractivity contribution in [3.8, 4) is 17.2 Å². The number of nitrogens with zero attached hydrogens (tertiary/aromatic N) is 2. The number of ether oxygens (including phenoxy) is 1. The molecule has 1 saturated carbocycles. The number of benzene rings is 1. The van der Waals surface area contributed by atoms with Crippen LogP contribution < -0.4 is 10.5 Å². The lowest BCUT2D eigenvalue weighted by Crippen LogP contribution is -2.12. The first-order valence-corrected chi connectivity index (χ1v) is 7.45. The fourth-order valence-corrected chi connectivity index (χ4v) is 3.05. The summed E-state index contributed by atoms with van der Waals surface area (Å²) in [6.07, 6.45) is 4.83. The summed E-state index contributed by atoms with van der Waals surface area (Å²) >= 11 is 0. The molecule has 1 heterocycles. The SMILES string of the molecule is COc1ccc(-c2nc(C3CCCC(C)C3)no2)cc1N. The van der Waals surface area contributed by atoms with Gasteiger partial charge in [0, 0.05) is 11.5 Å². The maximum atomic E-state index is 5.92. The van der Waals surface area contributed by atoms with Crippen molar-refractivity contribution in [3.05, 3.63) is 24.0 Å². The molecular weight excluding hydrogens is 266 g/mol. The standard InChI is InChI=1S/C16H21N3O2/c1-10-4-3-5-11(8-10)15-18-16(21-19-15)12-6-7-14(20-2)13(17)9-12/h6-7,9-11H,3-5,8,17H2,1-2H3. The zero-order valence-electron chi connectivity index (χ0n) is 12.5. The molecule has 2 atom stereocenters. The first-order valence-electron chi connectivity index (χ1n) is 7.45. The third kappa shape index (κ3) is 2.86. The minimum atomic E-state index is 0.418. The molecule has 0 spiro atoms. The third-order valence-corrected chi connectivity index (χ3v) is 4.22. The largest absolute Gasteiger partial charge is 0.495 e. The van der Waals surface area contributed by atoms with Crippen molar-refractivity contribution >= 4 is 5.69 Å². The van der Waals surface area contributed by atoms with Gasteiger partial charge in [-0.2, -0.15) is 4.98 Å². The van der Waals surface area contributed by atoms with E-state index in [9.17, 15) is 0 Å². The minimum Gasteiger partial charge on any atom is -0.495 e. The second-order valence-corrected chi connectivity index (χ2v) is 5.88. The van der Waals surface area contributed by atoms with Crippen molar-refractivity contribution in [1.82, 2.24) is 10.1 Å². The van der Waals surface area contributed by atoms with E-state index < -0.39 is 0 Å². The highest BCUT2D eigenvalue weighted by molar-refractivity contribution is 5.65. The van der Waals surface area contributed by atoms with Gasteiger partial charge in [-0.15, -0.1) is 0 Å². The van der Waals surface area contributed by atoms with Gasteiger partial charge in [0.15, 0.2) is 5.82 Å². The van der Waals surface area contributed by atoms with Crippen molar-refractivity contribution < 1.29 is 9.26 Å². The van der Waals surface area contributed by atoms with E-state index in [1.54, 1.807) is 13.2 Å². The summed E-state index contributed by atoms with van der Waals surface area (Å²) in [5, 5.41) is 4.16. The Kier molecular flexibility index (Phi) is 3.82. The van der Waals surface area contributed by atoms with Crippen molar-refractivity contribution in [2.24, 2.45) is 5.92 Å². The van der Waals surface area contributed by atoms with Crippen LogP contribution in [0.1, 0.15) is 44.3 Å². The number of aromatic nitrogens is 2. The molecule has 21 heavy (non-hydrogen) atoms. The molecule has 112 valence electrons. The first kappa shape index (κ1) is 13.9. The molecule has 3 rings (SSSR count). The molecule has 1 aliphatic rings. The Labute approximate surface area is 124 Å². The van der Waals surface area contributed by atoms with Crippen LogP contribution in [0.25, 0.3) is 11.5 Å². The summed E-state index contributed by atoms with van der Waals surface area (Å²) < 4.78 is 10.6. The zero-order chi connectivity index (χ0) is 14.8. The van der Waals surface area contributed by atoms with Gasteiger partial charge in [-0.3, -0.25) is 0 Å². The summed E-state index contributed by atoms with van der Waals surface area (Å²) in [6.45, 7) is 2.29. The molecule has 0 aliphatic heterocycles. The lowest BCUT2D eigenvalue weighted by atomic mass is 9.82. The van der Waals surface area contributed by atoms with Crippen LogP contribution in [-0.4, -0.2) is 17.3 Å². The maximum absolute atomic E-state index is 5.92. The summed E-state index contributed by atoms with van der Waals surface area (Å²) in [5.41, 5.74) is 7.32. The van der Waals surface area contributed by atoms with Crippen LogP contribution in [0.2, 0.25) is 0 Å². The van der Waals surface area contributed by atoms with Crippen molar-refractivity contribution in [3.63, 3.8) is 0 Å². The molecule has 0 amide bonds. The number of anilines is 1. The van der Waals surface area contributed by atoms with Gasteiger partial charge in [-0.05, 0) is 37.0 Å². The fraction of sp³-hybridized carbons (Fsp3) is 0.500. The fourth-order valence-electron chi connectivity index (χ4n) is 3.05. The van der Waals surface area contributed by atoms with Crippen LogP contribution in [0.5, 0.6) is 5.75 Å². The van der Waals surface area contributed by atoms with Crippen molar-refractivity contribution in [2.75, 3.05) is 12.8 Å². The molecule has 2 aromatic rings. The van der Waals surface area contributed by atoms with Gasteiger partial charge in [0.05, 0.1) is 12.8 Å². The quantitative estimate of drug-likeness (QED) is 0.873. The van der Waals surface area contributed by atoms with E-state index in [0.717, 1.165) is 30.1 Å². The number of methoxy groups -OCH3 is 1. The second-order valence-electron chi connectivity index (χ2n) is 5.88. The molecule has 2 unspecified atom stereocenters. The summed E-state index contributed by atoms with van der Waals surface area (Å²) in [5.74, 6) is 3.16. The number of rotatable bonds is 3. The van der Waals surface area contributed by atoms with E-state index in [0.29, 0.717) is 23.2 Å². The second kappa shape index (κ2) is 5.76. The van der Waals surface area contributed by atoms with Gasteiger partial charge >= 0.3 is 0 Å². The van der Waals surface area contributed by atoms with Crippen LogP contribution >= 0.6 is 0 Å². The van der Waals surface area contributed by atoms with Gasteiger partial charge < -0.3 is 15.0 Å². The van der Waals surface area contributed by atoms with Gasteiger partial charge in [0.2, 0.25) is 0 Å². The van der Waals surface area contributed by atoms with Crippen LogP contribution in [0, 0.1) is 5.92 Å². The Balaban J connectivity index is 1.82. The first-order chi connectivity index (χ1) is 10.2. The van der Waals surface area contributed by atoms with Crippen LogP contribution in [-0.2, 0) is 0 Å². The topological polar surface area (TPSA) is 74.2 Å². The van der Waals surface area contributed by atoms with Gasteiger partial charge in [0.1, 0.15) is 5.75 Å². The van der Waals surface area contributed by atoms with Crippen LogP contribution in [0.15, 0.2) is 22.7 Å². The number of nitrogens with two attached hydrogens (primary N) is 1. The molecule has 0 radical (unpaired) electrons. The Morgan fingerprint density at radius 3 is 2.90 bits per heavy atom. The molecule has 1 aromatic carbocycles. The molecule has 1 aromatic heterocycles. The Bertz CT molecular complexity index is 624. The van der Waals surface area contributed by atoms with E-state index >= 15 is 0 Å². The molecule has 5 nitrogen and oxygen atoms in total. The molecule has 0 bridgehead atoms. The molecule has 2 N–H and O–H groups in total. The summed E-state index contributed by atoms with van der Waals surface area (Å²) in [4.78, 5) is 4.56. The highest BCUT2D eigenvalue weighted by Gasteiger charge is 2.25. The molecule has 0 saturated heterocycles. The number of nitrogen functional groups attached to an aromatic ring is 1. The molecule has 1 fully saturated rings. The van der Waals surface area contributed by atoms with E-state index in [1.165, 1.54) is 12.8 Å². The highest BCUT2D eigenvalue weighted by atomic mass is 16.5. The highest BCUT2D eigenvalue weighted by Crippen LogP contribution is 2.35. The Morgan fingerprint density at radius 2 is 2.19 bits per heavy atom. The van der Waals surface area contributed by atoms with Gasteiger partial charge in [-0.1, -0.05) is 24.9 Å². The third-order valence-electron chi connectivity index (χ3n) is 4.22.